The van der Waals surface area contributed by atoms with Gasteiger partial charge in [0.2, 0.25) is 0 Å². The molecule has 3 aromatic rings. The quantitative estimate of drug-likeness (QED) is 0.494. The summed E-state index contributed by atoms with van der Waals surface area (Å²) in [6, 6.07) is 26.3. The second-order valence-electron chi connectivity index (χ2n) is 8.49. The zero-order chi connectivity index (χ0) is 22.2. The Morgan fingerprint density at radius 2 is 1.59 bits per heavy atom. The van der Waals surface area contributed by atoms with Crippen molar-refractivity contribution in [3.8, 4) is 5.75 Å². The number of carbonyl (C=O) groups excluding carboxylic acids is 1. The Balaban J connectivity index is 1.27. The molecule has 1 saturated heterocycles. The van der Waals surface area contributed by atoms with Crippen LogP contribution < -0.4 is 10.1 Å². The average Bonchev–Trinajstić information content (AvgIpc) is 2.83. The van der Waals surface area contributed by atoms with E-state index in [2.05, 4.69) is 52.7 Å². The van der Waals surface area contributed by atoms with Crippen molar-refractivity contribution in [2.45, 2.75) is 32.7 Å². The molecule has 1 aliphatic heterocycles. The molecule has 4 rings (SSSR count). The summed E-state index contributed by atoms with van der Waals surface area (Å²) >= 11 is 0. The molecule has 0 aliphatic carbocycles. The van der Waals surface area contributed by atoms with Crippen LogP contribution in [0.4, 0.5) is 5.69 Å². The Morgan fingerprint density at radius 3 is 2.31 bits per heavy atom. The topological polar surface area (TPSA) is 41.6 Å². The maximum Gasteiger partial charge on any atom is 0.255 e. The standard InChI is InChI=1S/C28H32N2O2/c1-2-32-27-11-7-6-10-26(27)29-28(31)25-14-12-24(13-15-25)21-30-18-16-23(17-19-30)20-22-8-4-3-5-9-22/h3-15,23H,2,16-21H2,1H3,(H,29,31). The van der Waals surface area contributed by atoms with Gasteiger partial charge in [-0.25, -0.2) is 0 Å². The minimum absolute atomic E-state index is 0.120. The molecule has 1 heterocycles. The first kappa shape index (κ1) is 22.1. The molecule has 1 amide bonds. The molecule has 3 aromatic carbocycles. The molecule has 0 radical (unpaired) electrons. The number of hydrogen-bond donors (Lipinski definition) is 1. The van der Waals surface area contributed by atoms with Gasteiger partial charge >= 0.3 is 0 Å². The van der Waals surface area contributed by atoms with E-state index in [0.717, 1.165) is 25.6 Å². The van der Waals surface area contributed by atoms with Gasteiger partial charge in [-0.05, 0) is 80.6 Å². The molecule has 0 aromatic heterocycles. The van der Waals surface area contributed by atoms with Crippen LogP contribution in [0.1, 0.15) is 41.3 Å². The predicted octanol–water partition coefficient (Wildman–Crippen LogP) is 5.79. The monoisotopic (exact) mass is 428 g/mol. The maximum atomic E-state index is 12.7. The van der Waals surface area contributed by atoms with E-state index in [1.165, 1.54) is 30.4 Å². The van der Waals surface area contributed by atoms with Gasteiger partial charge in [-0.2, -0.15) is 0 Å². The molecule has 0 atom stereocenters. The lowest BCUT2D eigenvalue weighted by atomic mass is 9.90. The summed E-state index contributed by atoms with van der Waals surface area (Å²) in [5.74, 6) is 1.35. The van der Waals surface area contributed by atoms with Crippen LogP contribution >= 0.6 is 0 Å². The summed E-state index contributed by atoms with van der Waals surface area (Å²) in [5, 5.41) is 2.96. The van der Waals surface area contributed by atoms with Crippen LogP contribution in [0.3, 0.4) is 0 Å². The number of ether oxygens (including phenoxy) is 1. The molecule has 4 heteroatoms. The summed E-state index contributed by atoms with van der Waals surface area (Å²) in [6.45, 7) is 5.70. The van der Waals surface area contributed by atoms with Gasteiger partial charge in [-0.3, -0.25) is 9.69 Å². The van der Waals surface area contributed by atoms with E-state index in [4.69, 9.17) is 4.74 Å². The minimum atomic E-state index is -0.120. The van der Waals surface area contributed by atoms with E-state index >= 15 is 0 Å². The zero-order valence-corrected chi connectivity index (χ0v) is 18.8. The highest BCUT2D eigenvalue weighted by Crippen LogP contribution is 2.25. The zero-order valence-electron chi connectivity index (χ0n) is 18.8. The summed E-state index contributed by atoms with van der Waals surface area (Å²) in [5.41, 5.74) is 4.05. The number of rotatable bonds is 8. The molecule has 1 fully saturated rings. The fraction of sp³-hybridized carbons (Fsp3) is 0.321. The number of likely N-dealkylation sites (tertiary alicyclic amines) is 1. The average molecular weight is 429 g/mol. The summed E-state index contributed by atoms with van der Waals surface area (Å²) in [6.07, 6.45) is 3.67. The Morgan fingerprint density at radius 1 is 0.906 bits per heavy atom. The fourth-order valence-corrected chi connectivity index (χ4v) is 4.36. The number of nitrogens with zero attached hydrogens (tertiary/aromatic N) is 1. The second kappa shape index (κ2) is 11.0. The van der Waals surface area contributed by atoms with Crippen molar-refractivity contribution in [3.63, 3.8) is 0 Å². The summed E-state index contributed by atoms with van der Waals surface area (Å²) < 4.78 is 5.60. The fourth-order valence-electron chi connectivity index (χ4n) is 4.36. The van der Waals surface area contributed by atoms with E-state index in [1.807, 2.05) is 43.3 Å². The highest BCUT2D eigenvalue weighted by atomic mass is 16.5. The van der Waals surface area contributed by atoms with Crippen molar-refractivity contribution >= 4 is 11.6 Å². The summed E-state index contributed by atoms with van der Waals surface area (Å²) in [4.78, 5) is 15.2. The van der Waals surface area contributed by atoms with Crippen LogP contribution in [0.15, 0.2) is 78.9 Å². The van der Waals surface area contributed by atoms with Crippen molar-refractivity contribution in [2.75, 3.05) is 25.0 Å². The second-order valence-corrected chi connectivity index (χ2v) is 8.49. The van der Waals surface area contributed by atoms with Gasteiger partial charge < -0.3 is 10.1 Å². The molecular weight excluding hydrogens is 396 g/mol. The van der Waals surface area contributed by atoms with Crippen LogP contribution in [-0.4, -0.2) is 30.5 Å². The van der Waals surface area contributed by atoms with E-state index < -0.39 is 0 Å². The molecule has 0 unspecified atom stereocenters. The van der Waals surface area contributed by atoms with Gasteiger partial charge in [-0.15, -0.1) is 0 Å². The van der Waals surface area contributed by atoms with Crippen molar-refractivity contribution in [1.29, 1.82) is 0 Å². The maximum absolute atomic E-state index is 12.7. The third kappa shape index (κ3) is 5.98. The normalized spacial score (nSPS) is 14.8. The van der Waals surface area contributed by atoms with Crippen molar-refractivity contribution in [2.24, 2.45) is 5.92 Å². The van der Waals surface area contributed by atoms with E-state index in [9.17, 15) is 4.79 Å². The van der Waals surface area contributed by atoms with Crippen LogP contribution in [0.5, 0.6) is 5.75 Å². The number of carbonyl (C=O) groups is 1. The first-order chi connectivity index (χ1) is 15.7. The molecule has 1 N–H and O–H groups in total. The number of hydrogen-bond acceptors (Lipinski definition) is 3. The van der Waals surface area contributed by atoms with Gasteiger partial charge in [0.1, 0.15) is 5.75 Å². The van der Waals surface area contributed by atoms with Crippen molar-refractivity contribution in [3.05, 3.63) is 95.6 Å². The van der Waals surface area contributed by atoms with Crippen LogP contribution in [0.2, 0.25) is 0 Å². The van der Waals surface area contributed by atoms with Crippen LogP contribution in [0.25, 0.3) is 0 Å². The van der Waals surface area contributed by atoms with Crippen molar-refractivity contribution < 1.29 is 9.53 Å². The first-order valence-electron chi connectivity index (χ1n) is 11.6. The van der Waals surface area contributed by atoms with Crippen molar-refractivity contribution in [1.82, 2.24) is 4.90 Å². The Bertz CT molecular complexity index is 993. The molecule has 1 aliphatic rings. The molecule has 0 spiro atoms. The molecule has 4 nitrogen and oxygen atoms in total. The van der Waals surface area contributed by atoms with Gasteiger partial charge in [0.15, 0.2) is 0 Å². The Labute approximate surface area is 191 Å². The van der Waals surface area contributed by atoms with Gasteiger partial charge in [0.05, 0.1) is 12.3 Å². The van der Waals surface area contributed by atoms with Crippen LogP contribution in [-0.2, 0) is 13.0 Å². The Hall–Kier alpha value is -3.11. The molecule has 32 heavy (non-hydrogen) atoms. The predicted molar refractivity (Wildman–Crippen MR) is 130 cm³/mol. The SMILES string of the molecule is CCOc1ccccc1NC(=O)c1ccc(CN2CCC(Cc3ccccc3)CC2)cc1. The Kier molecular flexibility index (Phi) is 7.57. The lowest BCUT2D eigenvalue weighted by Crippen LogP contribution is -2.33. The smallest absolute Gasteiger partial charge is 0.255 e. The van der Waals surface area contributed by atoms with Gasteiger partial charge in [-0.1, -0.05) is 54.6 Å². The number of para-hydroxylation sites is 2. The van der Waals surface area contributed by atoms with Crippen LogP contribution in [0, 0.1) is 5.92 Å². The van der Waals surface area contributed by atoms with Gasteiger partial charge in [0.25, 0.3) is 5.91 Å². The van der Waals surface area contributed by atoms with E-state index in [0.29, 0.717) is 23.6 Å². The highest BCUT2D eigenvalue weighted by molar-refractivity contribution is 6.05. The third-order valence-electron chi connectivity index (χ3n) is 6.13. The van der Waals surface area contributed by atoms with Gasteiger partial charge in [0, 0.05) is 12.1 Å². The molecular formula is C28H32N2O2. The minimum Gasteiger partial charge on any atom is -0.492 e. The first-order valence-corrected chi connectivity index (χ1v) is 11.6. The number of benzene rings is 3. The number of piperidine rings is 1. The van der Waals surface area contributed by atoms with E-state index in [1.54, 1.807) is 0 Å². The molecule has 166 valence electrons. The largest absolute Gasteiger partial charge is 0.492 e. The molecule has 0 saturated carbocycles. The third-order valence-corrected chi connectivity index (χ3v) is 6.13. The highest BCUT2D eigenvalue weighted by Gasteiger charge is 2.19. The molecule has 0 bridgehead atoms. The number of nitrogens with one attached hydrogen (secondary N) is 1. The number of amides is 1. The lowest BCUT2D eigenvalue weighted by Gasteiger charge is -2.32. The summed E-state index contributed by atoms with van der Waals surface area (Å²) in [7, 11) is 0. The number of anilines is 1. The lowest BCUT2D eigenvalue weighted by molar-refractivity contribution is 0.102. The van der Waals surface area contributed by atoms with E-state index in [-0.39, 0.29) is 5.91 Å².